The van der Waals surface area contributed by atoms with Crippen LogP contribution in [0.5, 0.6) is 5.75 Å². The lowest BCUT2D eigenvalue weighted by Crippen LogP contribution is -2.18. The Morgan fingerprint density at radius 1 is 1.13 bits per heavy atom. The predicted molar refractivity (Wildman–Crippen MR) is 121 cm³/mol. The molecule has 0 unspecified atom stereocenters. The van der Waals surface area contributed by atoms with Crippen LogP contribution in [0.1, 0.15) is 75.1 Å². The van der Waals surface area contributed by atoms with Gasteiger partial charge in [-0.3, -0.25) is 5.43 Å². The number of aromatic nitrogens is 1. The quantitative estimate of drug-likeness (QED) is 0.527. The lowest BCUT2D eigenvalue weighted by molar-refractivity contribution is 0.184. The second-order valence-electron chi connectivity index (χ2n) is 9.53. The Balaban J connectivity index is 2.46. The molecule has 6 nitrogen and oxygen atoms in total. The Morgan fingerprint density at radius 2 is 1.70 bits per heavy atom. The van der Waals surface area contributed by atoms with E-state index in [-0.39, 0.29) is 10.8 Å². The van der Waals surface area contributed by atoms with Gasteiger partial charge in [0.1, 0.15) is 17.4 Å². The summed E-state index contributed by atoms with van der Waals surface area (Å²) < 4.78 is 5.19. The third-order valence-corrected chi connectivity index (χ3v) is 4.77. The van der Waals surface area contributed by atoms with E-state index in [4.69, 9.17) is 4.74 Å². The highest BCUT2D eigenvalue weighted by Crippen LogP contribution is 2.39. The second kappa shape index (κ2) is 8.85. The van der Waals surface area contributed by atoms with Gasteiger partial charge >= 0.3 is 0 Å². The average Bonchev–Trinajstić information content (AvgIpc) is 2.61. The van der Waals surface area contributed by atoms with E-state index in [0.717, 1.165) is 27.9 Å². The minimum absolute atomic E-state index is 0.220. The molecule has 0 aliphatic heterocycles. The van der Waals surface area contributed by atoms with Crippen LogP contribution in [0.25, 0.3) is 0 Å². The monoisotopic (exact) mass is 408 g/mol. The van der Waals surface area contributed by atoms with E-state index >= 15 is 0 Å². The molecule has 30 heavy (non-hydrogen) atoms. The van der Waals surface area contributed by atoms with Crippen molar-refractivity contribution in [3.63, 3.8) is 0 Å². The van der Waals surface area contributed by atoms with Gasteiger partial charge in [-0.2, -0.15) is 10.4 Å². The number of phenols is 1. The number of phenolic OH excluding ortho intramolecular Hbond substituents is 1. The predicted octanol–water partition coefficient (Wildman–Crippen LogP) is 5.15. The van der Waals surface area contributed by atoms with Crippen molar-refractivity contribution in [3.8, 4) is 11.8 Å². The highest BCUT2D eigenvalue weighted by Gasteiger charge is 2.26. The van der Waals surface area contributed by atoms with Gasteiger partial charge in [0.05, 0.1) is 12.8 Å². The summed E-state index contributed by atoms with van der Waals surface area (Å²) in [6.45, 7) is 14.6. The first-order valence-corrected chi connectivity index (χ1v) is 9.95. The van der Waals surface area contributed by atoms with Gasteiger partial charge in [0.25, 0.3) is 0 Å². The van der Waals surface area contributed by atoms with Crippen LogP contribution in [-0.4, -0.2) is 23.4 Å². The fourth-order valence-corrected chi connectivity index (χ4v) is 3.26. The first-order valence-electron chi connectivity index (χ1n) is 9.95. The van der Waals surface area contributed by atoms with E-state index in [1.54, 1.807) is 13.3 Å². The molecule has 1 heterocycles. The first-order chi connectivity index (χ1) is 13.9. The van der Waals surface area contributed by atoms with Gasteiger partial charge in [-0.1, -0.05) is 41.5 Å². The molecule has 6 heteroatoms. The molecule has 1 aromatic heterocycles. The number of pyridine rings is 1. The summed E-state index contributed by atoms with van der Waals surface area (Å²) >= 11 is 0. The Labute approximate surface area is 179 Å². The molecule has 0 saturated heterocycles. The smallest absolute Gasteiger partial charge is 0.164 e. The Hall–Kier alpha value is -2.91. The van der Waals surface area contributed by atoms with E-state index in [1.807, 2.05) is 25.1 Å². The number of aromatic hydroxyl groups is 1. The lowest BCUT2D eigenvalue weighted by Gasteiger charge is -2.27. The van der Waals surface area contributed by atoms with E-state index in [9.17, 15) is 10.4 Å². The Morgan fingerprint density at radius 3 is 2.17 bits per heavy atom. The maximum Gasteiger partial charge on any atom is 0.164 e. The number of hydrogen-bond acceptors (Lipinski definition) is 6. The molecule has 2 rings (SSSR count). The number of methoxy groups -OCH3 is 1. The summed E-state index contributed by atoms with van der Waals surface area (Å²) in [6.07, 6.45) is 1.69. The third-order valence-electron chi connectivity index (χ3n) is 4.77. The zero-order chi connectivity index (χ0) is 22.7. The molecule has 0 saturated carbocycles. The van der Waals surface area contributed by atoms with Crippen molar-refractivity contribution in [2.24, 2.45) is 5.10 Å². The van der Waals surface area contributed by atoms with Gasteiger partial charge in [-0.15, -0.1) is 0 Å². The molecule has 1 aromatic carbocycles. The summed E-state index contributed by atoms with van der Waals surface area (Å²) in [7, 11) is 1.59. The van der Waals surface area contributed by atoms with Gasteiger partial charge in [-0.05, 0) is 41.5 Å². The van der Waals surface area contributed by atoms with Crippen LogP contribution in [0.4, 0.5) is 5.82 Å². The lowest BCUT2D eigenvalue weighted by atomic mass is 9.78. The number of nitrogens with zero attached hydrogens (tertiary/aromatic N) is 3. The maximum atomic E-state index is 10.8. The number of hydrazone groups is 1. The zero-order valence-corrected chi connectivity index (χ0v) is 19.2. The SMILES string of the molecule is COCc1cc(C)nc(NN=Cc2cc(C(C)(C)C)c(O)c(C(C)(C)C)c2)c1C#N. The van der Waals surface area contributed by atoms with Crippen molar-refractivity contribution < 1.29 is 9.84 Å². The van der Waals surface area contributed by atoms with Crippen molar-refractivity contribution in [1.82, 2.24) is 4.98 Å². The molecule has 0 aliphatic rings. The van der Waals surface area contributed by atoms with Crippen LogP contribution < -0.4 is 5.43 Å². The molecule has 0 bridgehead atoms. The molecule has 2 N–H and O–H groups in total. The van der Waals surface area contributed by atoms with Gasteiger partial charge in [-0.25, -0.2) is 4.98 Å². The second-order valence-corrected chi connectivity index (χ2v) is 9.53. The summed E-state index contributed by atoms with van der Waals surface area (Å²) in [6, 6.07) is 7.90. The number of ether oxygens (including phenoxy) is 1. The topological polar surface area (TPSA) is 90.5 Å². The van der Waals surface area contributed by atoms with Crippen molar-refractivity contribution in [1.29, 1.82) is 5.26 Å². The number of hydrogen-bond donors (Lipinski definition) is 2. The third kappa shape index (κ3) is 5.37. The van der Waals surface area contributed by atoms with Crippen LogP contribution in [0, 0.1) is 18.3 Å². The molecule has 0 amide bonds. The molecule has 0 fully saturated rings. The molecule has 0 aliphatic carbocycles. The summed E-state index contributed by atoms with van der Waals surface area (Å²) in [5.74, 6) is 0.725. The van der Waals surface area contributed by atoms with E-state index in [1.165, 1.54) is 0 Å². The Bertz CT molecular complexity index is 955. The average molecular weight is 409 g/mol. The summed E-state index contributed by atoms with van der Waals surface area (Å²) in [5, 5.41) is 24.7. The molecule has 0 atom stereocenters. The van der Waals surface area contributed by atoms with Crippen LogP contribution in [-0.2, 0) is 22.2 Å². The van der Waals surface area contributed by atoms with Crippen molar-refractivity contribution in [2.75, 3.05) is 12.5 Å². The number of anilines is 1. The molecule has 2 aromatic rings. The molecule has 0 spiro atoms. The molecule has 160 valence electrons. The van der Waals surface area contributed by atoms with Crippen LogP contribution in [0.2, 0.25) is 0 Å². The number of aryl methyl sites for hydroxylation is 1. The number of nitrogens with one attached hydrogen (secondary N) is 1. The normalized spacial score (nSPS) is 12.2. The van der Waals surface area contributed by atoms with Crippen LogP contribution >= 0.6 is 0 Å². The highest BCUT2D eigenvalue weighted by molar-refractivity contribution is 5.82. The largest absolute Gasteiger partial charge is 0.507 e. The Kier molecular flexibility index (Phi) is 6.89. The summed E-state index contributed by atoms with van der Waals surface area (Å²) in [5.41, 5.74) is 7.00. The van der Waals surface area contributed by atoms with Crippen molar-refractivity contribution in [3.05, 3.63) is 51.7 Å². The fourth-order valence-electron chi connectivity index (χ4n) is 3.26. The molecule has 0 radical (unpaired) electrons. The highest BCUT2D eigenvalue weighted by atomic mass is 16.5. The number of rotatable bonds is 5. The minimum Gasteiger partial charge on any atom is -0.507 e. The van der Waals surface area contributed by atoms with Crippen molar-refractivity contribution in [2.45, 2.75) is 65.9 Å². The van der Waals surface area contributed by atoms with Gasteiger partial charge < -0.3 is 9.84 Å². The van der Waals surface area contributed by atoms with Gasteiger partial charge in [0.15, 0.2) is 5.82 Å². The van der Waals surface area contributed by atoms with Crippen LogP contribution in [0.15, 0.2) is 23.3 Å². The van der Waals surface area contributed by atoms with E-state index < -0.39 is 0 Å². The minimum atomic E-state index is -0.220. The fraction of sp³-hybridized carbons (Fsp3) is 0.458. The van der Waals surface area contributed by atoms with Crippen molar-refractivity contribution >= 4 is 12.0 Å². The molecular formula is C24H32N4O2. The van der Waals surface area contributed by atoms with Gasteiger partial charge in [0, 0.05) is 29.5 Å². The van der Waals surface area contributed by atoms with E-state index in [2.05, 4.69) is 63.1 Å². The van der Waals surface area contributed by atoms with Gasteiger partial charge in [0.2, 0.25) is 0 Å². The zero-order valence-electron chi connectivity index (χ0n) is 19.2. The van der Waals surface area contributed by atoms with E-state index in [0.29, 0.717) is 23.7 Å². The van der Waals surface area contributed by atoms with Crippen LogP contribution in [0.3, 0.4) is 0 Å². The number of nitriles is 1. The first kappa shape index (κ1) is 23.4. The standard InChI is InChI=1S/C24H32N4O2/c1-15-9-17(14-30-8)18(12-25)22(27-15)28-26-13-16-10-19(23(2,3)4)21(29)20(11-16)24(5,6)7/h9-11,13,29H,14H2,1-8H3,(H,27,28). The molecular weight excluding hydrogens is 376 g/mol. The maximum absolute atomic E-state index is 10.8. The summed E-state index contributed by atoms with van der Waals surface area (Å²) in [4.78, 5) is 4.40. The number of benzene rings is 1.